The molecule has 1 saturated carbocycles. The molecule has 1 aliphatic carbocycles. The normalized spacial score (nSPS) is 21.9. The zero-order valence-corrected chi connectivity index (χ0v) is 10.4. The van der Waals surface area contributed by atoms with E-state index in [9.17, 15) is 9.18 Å². The van der Waals surface area contributed by atoms with Crippen LogP contribution in [0, 0.1) is 11.7 Å². The second kappa shape index (κ2) is 5.76. The highest BCUT2D eigenvalue weighted by Gasteiger charge is 2.14. The van der Waals surface area contributed by atoms with E-state index in [1.54, 1.807) is 6.07 Å². The minimum absolute atomic E-state index is 0.295. The van der Waals surface area contributed by atoms with Gasteiger partial charge in [-0.1, -0.05) is 13.0 Å². The number of rotatable bonds is 2. The Morgan fingerprint density at radius 2 is 2.33 bits per heavy atom. The highest BCUT2D eigenvalue weighted by molar-refractivity contribution is 5.95. The molecule has 4 heteroatoms. The molecule has 0 heterocycles. The largest absolute Gasteiger partial charge is 0.271 e. The third kappa shape index (κ3) is 3.39. The highest BCUT2D eigenvalue weighted by Crippen LogP contribution is 2.20. The topological polar surface area (TPSA) is 41.5 Å². The van der Waals surface area contributed by atoms with E-state index in [0.717, 1.165) is 25.0 Å². The Bertz CT molecular complexity index is 471. The van der Waals surface area contributed by atoms with Crippen LogP contribution >= 0.6 is 0 Å². The molecule has 18 heavy (non-hydrogen) atoms. The lowest BCUT2D eigenvalue weighted by molar-refractivity contribution is 0.0954. The summed E-state index contributed by atoms with van der Waals surface area (Å²) in [6, 6.07) is 5.60. The van der Waals surface area contributed by atoms with E-state index in [-0.39, 0.29) is 5.91 Å². The number of hydrazone groups is 1. The predicted octanol–water partition coefficient (Wildman–Crippen LogP) is 3.12. The number of nitrogens with one attached hydrogen (secondary N) is 1. The lowest BCUT2D eigenvalue weighted by Crippen LogP contribution is -2.22. The minimum atomic E-state index is -0.415. The smallest absolute Gasteiger partial charge is 0.267 e. The molecule has 0 aromatic heterocycles. The molecule has 0 aliphatic heterocycles. The van der Waals surface area contributed by atoms with Crippen LogP contribution in [0.15, 0.2) is 29.4 Å². The van der Waals surface area contributed by atoms with Gasteiger partial charge in [-0.25, -0.2) is 9.82 Å². The van der Waals surface area contributed by atoms with Crippen LogP contribution in [-0.4, -0.2) is 11.6 Å². The first-order valence-corrected chi connectivity index (χ1v) is 6.26. The van der Waals surface area contributed by atoms with Crippen LogP contribution in [0.2, 0.25) is 0 Å². The van der Waals surface area contributed by atoms with Crippen molar-refractivity contribution < 1.29 is 9.18 Å². The molecule has 1 unspecified atom stereocenters. The number of halogens is 1. The van der Waals surface area contributed by atoms with Crippen molar-refractivity contribution in [2.75, 3.05) is 0 Å². The first kappa shape index (κ1) is 12.7. The summed E-state index contributed by atoms with van der Waals surface area (Å²) in [6.07, 6.45) is 4.21. The van der Waals surface area contributed by atoms with E-state index < -0.39 is 5.82 Å². The Morgan fingerprint density at radius 1 is 1.50 bits per heavy atom. The fourth-order valence-electron chi connectivity index (χ4n) is 2.19. The van der Waals surface area contributed by atoms with Crippen molar-refractivity contribution in [2.45, 2.75) is 32.6 Å². The van der Waals surface area contributed by atoms with E-state index in [4.69, 9.17) is 0 Å². The number of carbonyl (C=O) groups is 1. The van der Waals surface area contributed by atoms with Crippen LogP contribution in [0.4, 0.5) is 4.39 Å². The van der Waals surface area contributed by atoms with Crippen molar-refractivity contribution in [2.24, 2.45) is 11.0 Å². The lowest BCUT2D eigenvalue weighted by Gasteiger charge is -2.18. The number of nitrogens with zero attached hydrogens (tertiary/aromatic N) is 1. The van der Waals surface area contributed by atoms with Crippen molar-refractivity contribution >= 4 is 11.6 Å². The zero-order chi connectivity index (χ0) is 13.0. The summed E-state index contributed by atoms with van der Waals surface area (Å²) < 4.78 is 13.0. The van der Waals surface area contributed by atoms with Gasteiger partial charge >= 0.3 is 0 Å². The number of hydrogen-bond donors (Lipinski definition) is 1. The quantitative estimate of drug-likeness (QED) is 0.803. The van der Waals surface area contributed by atoms with Crippen LogP contribution in [0.5, 0.6) is 0 Å². The molecule has 1 fully saturated rings. The van der Waals surface area contributed by atoms with Gasteiger partial charge in [0.25, 0.3) is 5.91 Å². The average Bonchev–Trinajstić information content (AvgIpc) is 2.36. The van der Waals surface area contributed by atoms with Crippen LogP contribution in [0.3, 0.4) is 0 Å². The van der Waals surface area contributed by atoms with Gasteiger partial charge in [-0.15, -0.1) is 0 Å². The van der Waals surface area contributed by atoms with Gasteiger partial charge in [-0.05, 0) is 49.8 Å². The van der Waals surface area contributed by atoms with Gasteiger partial charge < -0.3 is 0 Å². The summed E-state index contributed by atoms with van der Waals surface area (Å²) in [5.41, 5.74) is 3.82. The Morgan fingerprint density at radius 3 is 3.06 bits per heavy atom. The summed E-state index contributed by atoms with van der Waals surface area (Å²) in [6.45, 7) is 2.18. The van der Waals surface area contributed by atoms with E-state index in [1.807, 2.05) is 0 Å². The number of carbonyl (C=O) groups excluding carboxylic acids is 1. The molecule has 0 radical (unpaired) electrons. The average molecular weight is 248 g/mol. The predicted molar refractivity (Wildman–Crippen MR) is 68.9 cm³/mol. The molecule has 1 atom stereocenters. The van der Waals surface area contributed by atoms with E-state index in [1.165, 1.54) is 24.6 Å². The van der Waals surface area contributed by atoms with Gasteiger partial charge in [0.1, 0.15) is 5.82 Å². The molecule has 1 N–H and O–H groups in total. The second-order valence-corrected chi connectivity index (χ2v) is 4.83. The van der Waals surface area contributed by atoms with Crippen molar-refractivity contribution in [3.63, 3.8) is 0 Å². The van der Waals surface area contributed by atoms with Crippen LogP contribution in [-0.2, 0) is 0 Å². The summed E-state index contributed by atoms with van der Waals surface area (Å²) >= 11 is 0. The number of hydrogen-bond acceptors (Lipinski definition) is 2. The van der Waals surface area contributed by atoms with E-state index in [0.29, 0.717) is 11.5 Å². The Hall–Kier alpha value is -1.71. The van der Waals surface area contributed by atoms with Gasteiger partial charge in [0.15, 0.2) is 0 Å². The lowest BCUT2D eigenvalue weighted by atomic mass is 9.89. The fraction of sp³-hybridized carbons (Fsp3) is 0.429. The van der Waals surface area contributed by atoms with Gasteiger partial charge in [0.05, 0.1) is 0 Å². The molecule has 2 rings (SSSR count). The summed E-state index contributed by atoms with van der Waals surface area (Å²) in [7, 11) is 0. The molecule has 1 aromatic rings. The molecule has 1 amide bonds. The van der Waals surface area contributed by atoms with Gasteiger partial charge in [-0.2, -0.15) is 5.10 Å². The van der Waals surface area contributed by atoms with Crippen molar-refractivity contribution in [3.05, 3.63) is 35.6 Å². The maximum absolute atomic E-state index is 13.0. The van der Waals surface area contributed by atoms with Crippen LogP contribution in [0.1, 0.15) is 43.0 Å². The minimum Gasteiger partial charge on any atom is -0.267 e. The maximum atomic E-state index is 13.0. The van der Waals surface area contributed by atoms with Gasteiger partial charge in [-0.3, -0.25) is 4.79 Å². The third-order valence-corrected chi connectivity index (χ3v) is 3.15. The van der Waals surface area contributed by atoms with Crippen LogP contribution in [0.25, 0.3) is 0 Å². The summed E-state index contributed by atoms with van der Waals surface area (Å²) in [4.78, 5) is 11.7. The maximum Gasteiger partial charge on any atom is 0.271 e. The monoisotopic (exact) mass is 248 g/mol. The first-order valence-electron chi connectivity index (χ1n) is 6.26. The second-order valence-electron chi connectivity index (χ2n) is 4.83. The molecule has 96 valence electrons. The molecule has 0 bridgehead atoms. The Kier molecular flexibility index (Phi) is 4.07. The summed E-state index contributed by atoms with van der Waals surface area (Å²) in [5.74, 6) is -0.148. The van der Waals surface area contributed by atoms with Crippen LogP contribution < -0.4 is 5.43 Å². The molecule has 3 nitrogen and oxygen atoms in total. The van der Waals surface area contributed by atoms with Crippen molar-refractivity contribution in [1.29, 1.82) is 0 Å². The molecular weight excluding hydrogens is 231 g/mol. The number of amides is 1. The van der Waals surface area contributed by atoms with Crippen molar-refractivity contribution in [1.82, 2.24) is 5.43 Å². The number of benzene rings is 1. The Labute approximate surface area is 106 Å². The Balaban J connectivity index is 1.97. The molecule has 1 aromatic carbocycles. The zero-order valence-electron chi connectivity index (χ0n) is 10.4. The highest BCUT2D eigenvalue weighted by atomic mass is 19.1. The molecule has 0 saturated heterocycles. The fourth-order valence-corrected chi connectivity index (χ4v) is 2.19. The SMILES string of the molecule is CC1CCCC(=NNC(=O)c2cccc(F)c2)C1. The molecule has 0 spiro atoms. The third-order valence-electron chi connectivity index (χ3n) is 3.15. The molecule has 1 aliphatic rings. The summed E-state index contributed by atoms with van der Waals surface area (Å²) in [5, 5.41) is 4.13. The van der Waals surface area contributed by atoms with Gasteiger partial charge in [0, 0.05) is 11.3 Å². The van der Waals surface area contributed by atoms with Gasteiger partial charge in [0.2, 0.25) is 0 Å². The first-order chi connectivity index (χ1) is 8.65. The standard InChI is InChI=1S/C14H17FN2O/c1-10-4-2-7-13(8-10)16-17-14(18)11-5-3-6-12(15)9-11/h3,5-6,9-10H,2,4,7-8H2,1H3,(H,17,18). The molecular formula is C14H17FN2O. The van der Waals surface area contributed by atoms with E-state index >= 15 is 0 Å². The van der Waals surface area contributed by atoms with E-state index in [2.05, 4.69) is 17.5 Å². The van der Waals surface area contributed by atoms with Crippen molar-refractivity contribution in [3.8, 4) is 0 Å².